The maximum Gasteiger partial charge on any atom is 0.153 e. The van der Waals surface area contributed by atoms with Crippen molar-refractivity contribution in [3.63, 3.8) is 0 Å². The quantitative estimate of drug-likeness (QED) is 0.773. The number of rotatable bonds is 5. The van der Waals surface area contributed by atoms with Crippen molar-refractivity contribution in [3.05, 3.63) is 17.5 Å². The Morgan fingerprint density at radius 1 is 1.42 bits per heavy atom. The molecular formula is C13H20N2O3S. The molecule has 0 aromatic carbocycles. The zero-order valence-electron chi connectivity index (χ0n) is 11.2. The van der Waals surface area contributed by atoms with Gasteiger partial charge in [-0.1, -0.05) is 13.3 Å². The van der Waals surface area contributed by atoms with Gasteiger partial charge in [-0.05, 0) is 19.3 Å². The third-order valence-corrected chi connectivity index (χ3v) is 5.34. The van der Waals surface area contributed by atoms with Crippen LogP contribution in [0.5, 0.6) is 0 Å². The summed E-state index contributed by atoms with van der Waals surface area (Å²) < 4.78 is 24.7. The Kier molecular flexibility index (Phi) is 4.39. The first kappa shape index (κ1) is 14.2. The van der Waals surface area contributed by atoms with Crippen LogP contribution in [0, 0.1) is 0 Å². The second-order valence-corrected chi connectivity index (χ2v) is 7.43. The minimum absolute atomic E-state index is 0.103. The van der Waals surface area contributed by atoms with Crippen LogP contribution >= 0.6 is 0 Å². The molecule has 106 valence electrons. The molecule has 1 aliphatic heterocycles. The number of sulfone groups is 1. The summed E-state index contributed by atoms with van der Waals surface area (Å²) in [5.41, 5.74) is 1.39. The van der Waals surface area contributed by atoms with Crippen molar-refractivity contribution < 1.29 is 13.2 Å². The molecule has 1 fully saturated rings. The van der Waals surface area contributed by atoms with Crippen molar-refractivity contribution in [2.24, 2.45) is 0 Å². The van der Waals surface area contributed by atoms with Gasteiger partial charge in [0, 0.05) is 18.7 Å². The summed E-state index contributed by atoms with van der Waals surface area (Å²) in [6.07, 6.45) is 5.86. The van der Waals surface area contributed by atoms with E-state index < -0.39 is 9.84 Å². The second-order valence-electron chi connectivity index (χ2n) is 5.13. The molecule has 0 aliphatic carbocycles. The molecule has 6 heteroatoms. The molecule has 0 amide bonds. The van der Waals surface area contributed by atoms with Crippen LogP contribution in [0.1, 0.15) is 54.6 Å². The summed E-state index contributed by atoms with van der Waals surface area (Å²) in [5, 5.41) is 4.48. The van der Waals surface area contributed by atoms with E-state index in [0.717, 1.165) is 31.4 Å². The lowest BCUT2D eigenvalue weighted by Crippen LogP contribution is -2.23. The lowest BCUT2D eigenvalue weighted by Gasteiger charge is -2.20. The number of carbonyl (C=O) groups excluding carboxylic acids is 1. The van der Waals surface area contributed by atoms with E-state index in [9.17, 15) is 13.2 Å². The molecule has 0 unspecified atom stereocenters. The molecule has 0 atom stereocenters. The number of hydrogen-bond acceptors (Lipinski definition) is 4. The minimum Gasteiger partial charge on any atom is -0.298 e. The molecule has 19 heavy (non-hydrogen) atoms. The average molecular weight is 284 g/mol. The molecule has 0 saturated carbocycles. The van der Waals surface area contributed by atoms with Gasteiger partial charge in [-0.15, -0.1) is 0 Å². The van der Waals surface area contributed by atoms with Gasteiger partial charge >= 0.3 is 0 Å². The second kappa shape index (κ2) is 5.86. The SMILES string of the molecule is CCCCn1cc(C=O)c(C2CCS(=O)(=O)CC2)n1. The van der Waals surface area contributed by atoms with Crippen LogP contribution in [0.2, 0.25) is 0 Å². The number of aldehydes is 1. The van der Waals surface area contributed by atoms with Gasteiger partial charge in [0.1, 0.15) is 9.84 Å². The van der Waals surface area contributed by atoms with Crippen LogP contribution < -0.4 is 0 Å². The number of aromatic nitrogens is 2. The van der Waals surface area contributed by atoms with Crippen molar-refractivity contribution in [2.45, 2.75) is 45.1 Å². The number of hydrogen-bond donors (Lipinski definition) is 0. The van der Waals surface area contributed by atoms with Crippen molar-refractivity contribution in [2.75, 3.05) is 11.5 Å². The molecule has 2 heterocycles. The zero-order valence-corrected chi connectivity index (χ0v) is 12.0. The van der Waals surface area contributed by atoms with Gasteiger partial charge in [0.25, 0.3) is 0 Å². The number of carbonyl (C=O) groups is 1. The highest BCUT2D eigenvalue weighted by molar-refractivity contribution is 7.91. The Morgan fingerprint density at radius 3 is 2.68 bits per heavy atom. The van der Waals surface area contributed by atoms with Gasteiger partial charge in [0.15, 0.2) is 6.29 Å². The lowest BCUT2D eigenvalue weighted by molar-refractivity contribution is 0.112. The maximum atomic E-state index is 11.4. The first-order valence-electron chi connectivity index (χ1n) is 6.78. The van der Waals surface area contributed by atoms with Crippen molar-refractivity contribution in [1.82, 2.24) is 9.78 Å². The topological polar surface area (TPSA) is 69.0 Å². The van der Waals surface area contributed by atoms with Gasteiger partial charge in [-0.3, -0.25) is 9.48 Å². The summed E-state index contributed by atoms with van der Waals surface area (Å²) in [7, 11) is -2.87. The third-order valence-electron chi connectivity index (χ3n) is 3.63. The predicted octanol–water partition coefficient (Wildman–Crippen LogP) is 1.79. The molecular weight excluding hydrogens is 264 g/mol. The summed E-state index contributed by atoms with van der Waals surface area (Å²) in [4.78, 5) is 11.1. The Bertz CT molecular complexity index is 534. The normalized spacial score (nSPS) is 19.4. The van der Waals surface area contributed by atoms with Crippen LogP contribution in [-0.4, -0.2) is 36.0 Å². The Morgan fingerprint density at radius 2 is 2.11 bits per heavy atom. The Balaban J connectivity index is 2.15. The predicted molar refractivity (Wildman–Crippen MR) is 73.2 cm³/mol. The Hall–Kier alpha value is -1.17. The van der Waals surface area contributed by atoms with E-state index >= 15 is 0 Å². The summed E-state index contributed by atoms with van der Waals surface area (Å²) in [6, 6.07) is 0. The number of nitrogens with zero attached hydrogens (tertiary/aromatic N) is 2. The van der Waals surface area contributed by atoms with Crippen molar-refractivity contribution in [3.8, 4) is 0 Å². The van der Waals surface area contributed by atoms with E-state index in [2.05, 4.69) is 12.0 Å². The highest BCUT2D eigenvalue weighted by atomic mass is 32.2. The van der Waals surface area contributed by atoms with Crippen LogP contribution in [0.3, 0.4) is 0 Å². The first-order chi connectivity index (χ1) is 9.05. The van der Waals surface area contributed by atoms with Crippen molar-refractivity contribution >= 4 is 16.1 Å². The van der Waals surface area contributed by atoms with E-state index in [1.165, 1.54) is 0 Å². The molecule has 0 bridgehead atoms. The van der Waals surface area contributed by atoms with Crippen LogP contribution in [0.25, 0.3) is 0 Å². The van der Waals surface area contributed by atoms with Gasteiger partial charge in [0.05, 0.1) is 22.8 Å². The molecule has 0 N–H and O–H groups in total. The van der Waals surface area contributed by atoms with E-state index in [-0.39, 0.29) is 17.4 Å². The van der Waals surface area contributed by atoms with E-state index in [0.29, 0.717) is 18.4 Å². The van der Waals surface area contributed by atoms with Crippen LogP contribution in [-0.2, 0) is 16.4 Å². The standard InChI is InChI=1S/C13H20N2O3S/c1-2-3-6-15-9-12(10-16)13(14-15)11-4-7-19(17,18)8-5-11/h9-11H,2-8H2,1H3. The third kappa shape index (κ3) is 3.43. The fraction of sp³-hybridized carbons (Fsp3) is 0.692. The molecule has 1 saturated heterocycles. The first-order valence-corrected chi connectivity index (χ1v) is 8.61. The fourth-order valence-corrected chi connectivity index (χ4v) is 3.95. The monoisotopic (exact) mass is 284 g/mol. The molecule has 1 aliphatic rings. The van der Waals surface area contributed by atoms with Gasteiger partial charge in [-0.2, -0.15) is 5.10 Å². The van der Waals surface area contributed by atoms with Gasteiger partial charge in [0.2, 0.25) is 0 Å². The molecule has 1 aromatic heterocycles. The van der Waals surface area contributed by atoms with Crippen LogP contribution in [0.4, 0.5) is 0 Å². The van der Waals surface area contributed by atoms with Crippen LogP contribution in [0.15, 0.2) is 6.20 Å². The lowest BCUT2D eigenvalue weighted by atomic mass is 9.96. The minimum atomic E-state index is -2.87. The summed E-state index contributed by atoms with van der Waals surface area (Å²) in [6.45, 7) is 2.92. The number of aryl methyl sites for hydroxylation is 1. The summed E-state index contributed by atoms with van der Waals surface area (Å²) in [5.74, 6) is 0.516. The van der Waals surface area contributed by atoms with E-state index in [1.54, 1.807) is 6.20 Å². The van der Waals surface area contributed by atoms with E-state index in [4.69, 9.17) is 0 Å². The molecule has 2 rings (SSSR count). The van der Waals surface area contributed by atoms with Gasteiger partial charge in [-0.25, -0.2) is 8.42 Å². The molecule has 0 radical (unpaired) electrons. The smallest absolute Gasteiger partial charge is 0.153 e. The Labute approximate surface area is 113 Å². The maximum absolute atomic E-state index is 11.4. The highest BCUT2D eigenvalue weighted by Gasteiger charge is 2.28. The molecule has 0 spiro atoms. The highest BCUT2D eigenvalue weighted by Crippen LogP contribution is 2.29. The van der Waals surface area contributed by atoms with Crippen molar-refractivity contribution in [1.29, 1.82) is 0 Å². The number of unbranched alkanes of at least 4 members (excludes halogenated alkanes) is 1. The largest absolute Gasteiger partial charge is 0.298 e. The van der Waals surface area contributed by atoms with Gasteiger partial charge < -0.3 is 0 Å². The average Bonchev–Trinajstić information content (AvgIpc) is 2.79. The molecule has 1 aromatic rings. The fourth-order valence-electron chi connectivity index (χ4n) is 2.46. The molecule has 5 nitrogen and oxygen atoms in total. The zero-order chi connectivity index (χ0) is 13.9. The van der Waals surface area contributed by atoms with E-state index in [1.807, 2.05) is 4.68 Å². The summed E-state index contributed by atoms with van der Waals surface area (Å²) >= 11 is 0.